The lowest BCUT2D eigenvalue weighted by Crippen LogP contribution is -2.05. The Balaban J connectivity index is 1.80. The summed E-state index contributed by atoms with van der Waals surface area (Å²) in [6, 6.07) is 4.75. The number of hydrogen-bond donors (Lipinski definition) is 0. The Kier molecular flexibility index (Phi) is 4.04. The Hall–Kier alpha value is -2.78. The number of nitrogens with zero attached hydrogens (tertiary/aromatic N) is 6. The van der Waals surface area contributed by atoms with Gasteiger partial charge in [0.25, 0.3) is 0 Å². The molecule has 10 heteroatoms. The van der Waals surface area contributed by atoms with Gasteiger partial charge in [-0.1, -0.05) is 31.1 Å². The van der Waals surface area contributed by atoms with Crippen LogP contribution in [0.3, 0.4) is 0 Å². The van der Waals surface area contributed by atoms with E-state index in [1.807, 2.05) is 13.8 Å². The minimum absolute atomic E-state index is 0.0877. The van der Waals surface area contributed by atoms with E-state index in [-0.39, 0.29) is 23.9 Å². The van der Waals surface area contributed by atoms with Gasteiger partial charge in [0, 0.05) is 11.5 Å². The summed E-state index contributed by atoms with van der Waals surface area (Å²) in [5.41, 5.74) is -0.542. The quantitative estimate of drug-likeness (QED) is 0.727. The van der Waals surface area contributed by atoms with Gasteiger partial charge in [-0.05, 0) is 17.3 Å². The lowest BCUT2D eigenvalue weighted by atomic mass is 10.1. The molecule has 0 spiro atoms. The van der Waals surface area contributed by atoms with Crippen LogP contribution >= 0.6 is 0 Å². The Labute approximate surface area is 134 Å². The van der Waals surface area contributed by atoms with Gasteiger partial charge < -0.3 is 4.52 Å². The van der Waals surface area contributed by atoms with E-state index in [0.29, 0.717) is 11.7 Å². The van der Waals surface area contributed by atoms with Gasteiger partial charge in [0.1, 0.15) is 6.54 Å². The number of alkyl halides is 3. The molecule has 7 nitrogen and oxygen atoms in total. The Morgan fingerprint density at radius 1 is 1.25 bits per heavy atom. The molecule has 0 saturated carbocycles. The third-order valence-corrected chi connectivity index (χ3v) is 3.18. The minimum atomic E-state index is -4.43. The molecule has 0 aliphatic carbocycles. The monoisotopic (exact) mass is 338 g/mol. The Morgan fingerprint density at radius 3 is 2.71 bits per heavy atom. The largest absolute Gasteiger partial charge is 0.416 e. The first kappa shape index (κ1) is 16.1. The number of halogens is 3. The maximum absolute atomic E-state index is 12.8. The molecule has 2 heterocycles. The zero-order chi connectivity index (χ0) is 17.3. The third kappa shape index (κ3) is 3.42. The maximum Gasteiger partial charge on any atom is 0.416 e. The summed E-state index contributed by atoms with van der Waals surface area (Å²) >= 11 is 0. The van der Waals surface area contributed by atoms with E-state index in [4.69, 9.17) is 4.52 Å². The highest BCUT2D eigenvalue weighted by Gasteiger charge is 2.30. The summed E-state index contributed by atoms with van der Waals surface area (Å²) in [5, 5.41) is 15.4. The second-order valence-electron chi connectivity index (χ2n) is 5.42. The summed E-state index contributed by atoms with van der Waals surface area (Å²) in [6.07, 6.45) is -4.43. The van der Waals surface area contributed by atoms with Crippen molar-refractivity contribution < 1.29 is 17.7 Å². The number of tetrazole rings is 1. The van der Waals surface area contributed by atoms with Crippen molar-refractivity contribution in [1.29, 1.82) is 0 Å². The van der Waals surface area contributed by atoms with E-state index in [2.05, 4.69) is 25.6 Å². The van der Waals surface area contributed by atoms with E-state index < -0.39 is 11.7 Å². The smallest absolute Gasteiger partial charge is 0.337 e. The number of benzene rings is 1. The molecular formula is C14H13F3N6O. The molecule has 0 N–H and O–H groups in total. The van der Waals surface area contributed by atoms with Crippen LogP contribution in [0.25, 0.3) is 11.4 Å². The highest BCUT2D eigenvalue weighted by molar-refractivity contribution is 5.55. The normalized spacial score (nSPS) is 12.1. The third-order valence-electron chi connectivity index (χ3n) is 3.18. The molecule has 3 rings (SSSR count). The fourth-order valence-electron chi connectivity index (χ4n) is 1.95. The van der Waals surface area contributed by atoms with Crippen molar-refractivity contribution in [2.45, 2.75) is 32.5 Å². The van der Waals surface area contributed by atoms with Crippen LogP contribution in [-0.2, 0) is 12.7 Å². The van der Waals surface area contributed by atoms with Crippen LogP contribution in [0.5, 0.6) is 0 Å². The molecule has 0 atom stereocenters. The topological polar surface area (TPSA) is 82.5 Å². The second-order valence-corrected chi connectivity index (χ2v) is 5.42. The van der Waals surface area contributed by atoms with Crippen LogP contribution in [0.15, 0.2) is 28.8 Å². The zero-order valence-corrected chi connectivity index (χ0v) is 12.8. The predicted molar refractivity (Wildman–Crippen MR) is 75.7 cm³/mol. The zero-order valence-electron chi connectivity index (χ0n) is 12.8. The second kappa shape index (κ2) is 6.02. The summed E-state index contributed by atoms with van der Waals surface area (Å²) in [7, 11) is 0. The molecular weight excluding hydrogens is 325 g/mol. The van der Waals surface area contributed by atoms with Crippen molar-refractivity contribution >= 4 is 0 Å². The van der Waals surface area contributed by atoms with Crippen LogP contribution in [-0.4, -0.2) is 30.3 Å². The summed E-state index contributed by atoms with van der Waals surface area (Å²) in [4.78, 5) is 5.37. The Morgan fingerprint density at radius 2 is 2.04 bits per heavy atom. The molecule has 1 aromatic carbocycles. The first-order valence-electron chi connectivity index (χ1n) is 7.11. The number of aromatic nitrogens is 6. The molecule has 0 aliphatic rings. The van der Waals surface area contributed by atoms with Crippen molar-refractivity contribution in [3.8, 4) is 11.4 Å². The van der Waals surface area contributed by atoms with Crippen molar-refractivity contribution in [2.75, 3.05) is 0 Å². The molecule has 0 fully saturated rings. The minimum Gasteiger partial charge on any atom is -0.337 e. The van der Waals surface area contributed by atoms with Gasteiger partial charge in [-0.25, -0.2) is 0 Å². The first-order chi connectivity index (χ1) is 11.3. The predicted octanol–water partition coefficient (Wildman–Crippen LogP) is 2.91. The summed E-state index contributed by atoms with van der Waals surface area (Å²) in [6.45, 7) is 3.94. The molecule has 0 amide bonds. The van der Waals surface area contributed by atoms with Crippen molar-refractivity contribution in [3.63, 3.8) is 0 Å². The van der Waals surface area contributed by atoms with E-state index in [0.717, 1.165) is 12.1 Å². The van der Waals surface area contributed by atoms with Crippen molar-refractivity contribution in [1.82, 2.24) is 30.3 Å². The highest BCUT2D eigenvalue weighted by Crippen LogP contribution is 2.31. The molecule has 0 radical (unpaired) electrons. The number of rotatable bonds is 4. The van der Waals surface area contributed by atoms with Gasteiger partial charge >= 0.3 is 6.18 Å². The Bertz CT molecular complexity index is 839. The average Bonchev–Trinajstić information content (AvgIpc) is 3.16. The van der Waals surface area contributed by atoms with Gasteiger partial charge in [-0.15, -0.1) is 10.2 Å². The molecule has 2 aromatic heterocycles. The molecule has 0 saturated heterocycles. The molecule has 3 aromatic rings. The van der Waals surface area contributed by atoms with Gasteiger partial charge in [0.05, 0.1) is 5.56 Å². The van der Waals surface area contributed by atoms with Crippen molar-refractivity contribution in [3.05, 3.63) is 41.5 Å². The van der Waals surface area contributed by atoms with Gasteiger partial charge in [-0.2, -0.15) is 23.0 Å². The van der Waals surface area contributed by atoms with Gasteiger partial charge in [-0.3, -0.25) is 0 Å². The van der Waals surface area contributed by atoms with Crippen LogP contribution in [0.1, 0.15) is 37.0 Å². The van der Waals surface area contributed by atoms with Crippen LogP contribution in [0, 0.1) is 0 Å². The lowest BCUT2D eigenvalue weighted by Gasteiger charge is -2.06. The average molecular weight is 338 g/mol. The van der Waals surface area contributed by atoms with Crippen LogP contribution in [0.2, 0.25) is 0 Å². The maximum atomic E-state index is 12.8. The molecule has 0 aliphatic heterocycles. The summed E-state index contributed by atoms with van der Waals surface area (Å²) in [5.74, 6) is 1.06. The van der Waals surface area contributed by atoms with Crippen LogP contribution < -0.4 is 0 Å². The van der Waals surface area contributed by atoms with E-state index in [1.165, 1.54) is 16.9 Å². The number of hydrogen-bond acceptors (Lipinski definition) is 6. The van der Waals surface area contributed by atoms with E-state index in [1.54, 1.807) is 0 Å². The highest BCUT2D eigenvalue weighted by atomic mass is 19.4. The standard InChI is InChI=1S/C14H13F3N6O/c1-8(2)12-18-11(24-21-12)7-23-20-13(19-22-23)9-4-3-5-10(6-9)14(15,16)17/h3-6,8H,7H2,1-2H3. The van der Waals surface area contributed by atoms with Gasteiger partial charge in [0.15, 0.2) is 5.82 Å². The van der Waals surface area contributed by atoms with E-state index >= 15 is 0 Å². The molecule has 0 unspecified atom stereocenters. The lowest BCUT2D eigenvalue weighted by molar-refractivity contribution is -0.137. The fourth-order valence-corrected chi connectivity index (χ4v) is 1.95. The summed E-state index contributed by atoms with van der Waals surface area (Å²) < 4.78 is 43.3. The molecule has 126 valence electrons. The van der Waals surface area contributed by atoms with Gasteiger partial charge in [0.2, 0.25) is 11.7 Å². The van der Waals surface area contributed by atoms with E-state index in [9.17, 15) is 13.2 Å². The molecule has 0 bridgehead atoms. The fraction of sp³-hybridized carbons (Fsp3) is 0.357. The van der Waals surface area contributed by atoms with Crippen LogP contribution in [0.4, 0.5) is 13.2 Å². The SMILES string of the molecule is CC(C)c1noc(Cn2nnc(-c3cccc(C(F)(F)F)c3)n2)n1. The first-order valence-corrected chi connectivity index (χ1v) is 7.11. The van der Waals surface area contributed by atoms with Crippen molar-refractivity contribution in [2.24, 2.45) is 0 Å². The molecule has 24 heavy (non-hydrogen) atoms.